The molecule has 1 atom stereocenters. The number of amides is 3. The first-order valence-corrected chi connectivity index (χ1v) is 15.2. The van der Waals surface area contributed by atoms with Crippen molar-refractivity contribution in [3.8, 4) is 0 Å². The standard InChI is InChI=1S/C36H33ClN4O3/c1-24(2)32(33-38-30-15-8-9-16-31(30)41(33)23-25-11-4-3-5-12-25)39(34(42)26-17-19-27(37)20-18-26)21-10-22-40-35(43)28-13-6-7-14-29(28)36(40)44/h3-9,11-20,24,32H,10,21-23H2,1-2H3/t32-/m1/s1. The van der Waals surface area contributed by atoms with Crippen LogP contribution in [0.2, 0.25) is 5.02 Å². The Morgan fingerprint density at radius 2 is 1.43 bits per heavy atom. The predicted molar refractivity (Wildman–Crippen MR) is 172 cm³/mol. The summed E-state index contributed by atoms with van der Waals surface area (Å²) in [6.07, 6.45) is 0.410. The van der Waals surface area contributed by atoms with E-state index in [4.69, 9.17) is 16.6 Å². The minimum atomic E-state index is -0.392. The summed E-state index contributed by atoms with van der Waals surface area (Å²) >= 11 is 6.16. The molecular weight excluding hydrogens is 572 g/mol. The van der Waals surface area contributed by atoms with Gasteiger partial charge in [-0.2, -0.15) is 0 Å². The SMILES string of the molecule is CC(C)[C@H](c1nc2ccccc2n1Cc1ccccc1)N(CCCN1C(=O)c2ccccc2C1=O)C(=O)c1ccc(Cl)cc1. The molecule has 0 saturated carbocycles. The molecule has 0 fully saturated rings. The van der Waals surface area contributed by atoms with Crippen molar-refractivity contribution in [2.45, 2.75) is 32.9 Å². The Morgan fingerprint density at radius 1 is 0.818 bits per heavy atom. The monoisotopic (exact) mass is 604 g/mol. The Balaban J connectivity index is 1.37. The minimum absolute atomic E-state index is 0.00288. The fourth-order valence-corrected chi connectivity index (χ4v) is 6.14. The highest BCUT2D eigenvalue weighted by atomic mass is 35.5. The van der Waals surface area contributed by atoms with E-state index in [9.17, 15) is 14.4 Å². The largest absolute Gasteiger partial charge is 0.328 e. The summed E-state index contributed by atoms with van der Waals surface area (Å²) in [5, 5.41) is 0.545. The Morgan fingerprint density at radius 3 is 2.09 bits per heavy atom. The van der Waals surface area contributed by atoms with E-state index in [-0.39, 0.29) is 30.2 Å². The maximum atomic E-state index is 14.3. The molecular formula is C36H33ClN4O3. The molecule has 0 saturated heterocycles. The van der Waals surface area contributed by atoms with Crippen molar-refractivity contribution in [2.24, 2.45) is 5.92 Å². The van der Waals surface area contributed by atoms with Crippen LogP contribution in [0.15, 0.2) is 103 Å². The Bertz CT molecular complexity index is 1800. The number of hydrogen-bond acceptors (Lipinski definition) is 4. The highest BCUT2D eigenvalue weighted by Gasteiger charge is 2.36. The average Bonchev–Trinajstić information content (AvgIpc) is 3.51. The number of para-hydroxylation sites is 2. The van der Waals surface area contributed by atoms with E-state index in [1.165, 1.54) is 4.90 Å². The molecule has 7 nitrogen and oxygen atoms in total. The second-order valence-electron chi connectivity index (χ2n) is 11.4. The maximum Gasteiger partial charge on any atom is 0.261 e. The van der Waals surface area contributed by atoms with E-state index in [0.29, 0.717) is 41.2 Å². The van der Waals surface area contributed by atoms with Crippen LogP contribution in [0.3, 0.4) is 0 Å². The van der Waals surface area contributed by atoms with Gasteiger partial charge in [0.05, 0.1) is 28.2 Å². The number of fused-ring (bicyclic) bond motifs is 2. The van der Waals surface area contributed by atoms with Crippen LogP contribution in [0.1, 0.15) is 68.8 Å². The van der Waals surface area contributed by atoms with Gasteiger partial charge in [-0.3, -0.25) is 19.3 Å². The number of rotatable bonds is 10. The van der Waals surface area contributed by atoms with E-state index in [1.54, 1.807) is 48.5 Å². The summed E-state index contributed by atoms with van der Waals surface area (Å²) in [5.74, 6) is 0.0171. The first-order chi connectivity index (χ1) is 21.3. The Kier molecular flexibility index (Phi) is 8.31. The first kappa shape index (κ1) is 29.3. The van der Waals surface area contributed by atoms with Crippen molar-refractivity contribution in [3.63, 3.8) is 0 Å². The third kappa shape index (κ3) is 5.63. The fourth-order valence-electron chi connectivity index (χ4n) is 6.02. The second kappa shape index (κ2) is 12.5. The van der Waals surface area contributed by atoms with Crippen molar-refractivity contribution in [3.05, 3.63) is 136 Å². The molecule has 0 spiro atoms. The molecule has 6 rings (SSSR count). The summed E-state index contributed by atoms with van der Waals surface area (Å²) < 4.78 is 2.20. The molecule has 3 amide bonds. The van der Waals surface area contributed by atoms with Crippen LogP contribution in [0, 0.1) is 5.92 Å². The number of imide groups is 1. The van der Waals surface area contributed by atoms with Crippen molar-refractivity contribution < 1.29 is 14.4 Å². The second-order valence-corrected chi connectivity index (χ2v) is 11.8. The van der Waals surface area contributed by atoms with Gasteiger partial charge in [0.1, 0.15) is 5.82 Å². The lowest BCUT2D eigenvalue weighted by molar-refractivity contribution is 0.0575. The average molecular weight is 605 g/mol. The highest BCUT2D eigenvalue weighted by molar-refractivity contribution is 6.30. The van der Waals surface area contributed by atoms with Gasteiger partial charge >= 0.3 is 0 Å². The van der Waals surface area contributed by atoms with Crippen molar-refractivity contribution in [2.75, 3.05) is 13.1 Å². The molecule has 0 radical (unpaired) electrons. The molecule has 222 valence electrons. The van der Waals surface area contributed by atoms with Gasteiger partial charge in [0.15, 0.2) is 0 Å². The minimum Gasteiger partial charge on any atom is -0.328 e. The number of aromatic nitrogens is 2. The number of benzene rings is 4. The molecule has 1 aromatic heterocycles. The van der Waals surface area contributed by atoms with Gasteiger partial charge < -0.3 is 9.47 Å². The molecule has 4 aromatic carbocycles. The van der Waals surface area contributed by atoms with Crippen LogP contribution in [0.25, 0.3) is 11.0 Å². The third-order valence-corrected chi connectivity index (χ3v) is 8.36. The number of hydrogen-bond donors (Lipinski definition) is 0. The van der Waals surface area contributed by atoms with Crippen molar-refractivity contribution in [1.29, 1.82) is 0 Å². The predicted octanol–water partition coefficient (Wildman–Crippen LogP) is 7.26. The molecule has 0 bridgehead atoms. The molecule has 44 heavy (non-hydrogen) atoms. The maximum absolute atomic E-state index is 14.3. The number of halogens is 1. The van der Waals surface area contributed by atoms with Gasteiger partial charge in [0, 0.05) is 30.2 Å². The van der Waals surface area contributed by atoms with Crippen LogP contribution in [0.4, 0.5) is 0 Å². The smallest absolute Gasteiger partial charge is 0.261 e. The van der Waals surface area contributed by atoms with Gasteiger partial charge in [-0.25, -0.2) is 4.98 Å². The normalized spacial score (nSPS) is 13.5. The van der Waals surface area contributed by atoms with Gasteiger partial charge in [-0.1, -0.05) is 80.0 Å². The van der Waals surface area contributed by atoms with Crippen LogP contribution < -0.4 is 0 Å². The van der Waals surface area contributed by atoms with E-state index >= 15 is 0 Å². The van der Waals surface area contributed by atoms with E-state index < -0.39 is 6.04 Å². The van der Waals surface area contributed by atoms with E-state index in [1.807, 2.05) is 41.3 Å². The third-order valence-electron chi connectivity index (χ3n) is 8.11. The highest BCUT2D eigenvalue weighted by Crippen LogP contribution is 2.33. The zero-order chi connectivity index (χ0) is 30.8. The van der Waals surface area contributed by atoms with Crippen LogP contribution >= 0.6 is 11.6 Å². The first-order valence-electron chi connectivity index (χ1n) is 14.8. The molecule has 0 N–H and O–H groups in total. The molecule has 0 aliphatic carbocycles. The molecule has 8 heteroatoms. The van der Waals surface area contributed by atoms with E-state index in [2.05, 4.69) is 36.6 Å². The molecule has 5 aromatic rings. The topological polar surface area (TPSA) is 75.5 Å². The van der Waals surface area contributed by atoms with Crippen molar-refractivity contribution in [1.82, 2.24) is 19.4 Å². The van der Waals surface area contributed by atoms with Gasteiger partial charge in [0.2, 0.25) is 0 Å². The fraction of sp³-hybridized carbons (Fsp3) is 0.222. The molecule has 1 aliphatic heterocycles. The van der Waals surface area contributed by atoms with Crippen LogP contribution in [-0.4, -0.2) is 50.2 Å². The van der Waals surface area contributed by atoms with Crippen LogP contribution in [0.5, 0.6) is 0 Å². The number of carbonyl (C=O) groups is 3. The molecule has 0 unspecified atom stereocenters. The van der Waals surface area contributed by atoms with Gasteiger partial charge in [-0.05, 0) is 66.4 Å². The molecule has 2 heterocycles. The van der Waals surface area contributed by atoms with E-state index in [0.717, 1.165) is 22.4 Å². The van der Waals surface area contributed by atoms with Crippen LogP contribution in [-0.2, 0) is 6.54 Å². The lowest BCUT2D eigenvalue weighted by Crippen LogP contribution is -2.41. The number of imidazole rings is 1. The zero-order valence-electron chi connectivity index (χ0n) is 24.7. The summed E-state index contributed by atoms with van der Waals surface area (Å²) in [7, 11) is 0. The summed E-state index contributed by atoms with van der Waals surface area (Å²) in [6, 6.07) is 31.6. The number of nitrogens with zero attached hydrogens (tertiary/aromatic N) is 4. The lowest BCUT2D eigenvalue weighted by atomic mass is 9.99. The molecule has 1 aliphatic rings. The Hall–Kier alpha value is -4.75. The number of carbonyl (C=O) groups excluding carboxylic acids is 3. The lowest BCUT2D eigenvalue weighted by Gasteiger charge is -2.35. The van der Waals surface area contributed by atoms with Gasteiger partial charge in [-0.15, -0.1) is 0 Å². The Labute approximate surface area is 261 Å². The summed E-state index contributed by atoms with van der Waals surface area (Å²) in [5.41, 5.74) is 4.31. The summed E-state index contributed by atoms with van der Waals surface area (Å²) in [6.45, 7) is 5.28. The van der Waals surface area contributed by atoms with Gasteiger partial charge in [0.25, 0.3) is 17.7 Å². The zero-order valence-corrected chi connectivity index (χ0v) is 25.4. The van der Waals surface area contributed by atoms with Crippen molar-refractivity contribution >= 4 is 40.4 Å². The summed E-state index contributed by atoms with van der Waals surface area (Å²) in [4.78, 5) is 48.6. The quantitative estimate of drug-likeness (QED) is 0.157.